The van der Waals surface area contributed by atoms with E-state index in [9.17, 15) is 21.6 Å². The number of nitrogens with two attached hydrogens (primary N) is 2. The minimum absolute atomic E-state index is 0.0719. The fraction of sp³-hybridized carbons (Fsp3) is 0.467. The van der Waals surface area contributed by atoms with Crippen LogP contribution in [0.4, 0.5) is 0 Å². The summed E-state index contributed by atoms with van der Waals surface area (Å²) < 4.78 is 50.0. The van der Waals surface area contributed by atoms with Crippen molar-refractivity contribution in [2.45, 2.75) is 48.7 Å². The number of hydrogen-bond acceptors (Lipinski definition) is 5. The van der Waals surface area contributed by atoms with E-state index < -0.39 is 41.7 Å². The fourth-order valence-corrected chi connectivity index (χ4v) is 5.96. The Labute approximate surface area is 148 Å². The van der Waals surface area contributed by atoms with Crippen LogP contribution in [0.3, 0.4) is 0 Å². The summed E-state index contributed by atoms with van der Waals surface area (Å²) in [5, 5.41) is -0.716. The van der Waals surface area contributed by atoms with Crippen molar-refractivity contribution in [2.24, 2.45) is 16.5 Å². The molecule has 0 saturated carbocycles. The number of carbonyl (C=O) groups excluding carboxylic acids is 1. The van der Waals surface area contributed by atoms with Crippen LogP contribution in [0.15, 0.2) is 26.9 Å². The molecule has 1 aromatic carbocycles. The quantitative estimate of drug-likeness (QED) is 0.539. The zero-order valence-corrected chi connectivity index (χ0v) is 16.2. The topological polar surface area (TPSA) is 150 Å². The van der Waals surface area contributed by atoms with Crippen LogP contribution in [0.5, 0.6) is 0 Å². The van der Waals surface area contributed by atoms with E-state index >= 15 is 0 Å². The molecule has 0 atom stereocenters. The van der Waals surface area contributed by atoms with E-state index in [2.05, 4.69) is 4.99 Å². The third-order valence-electron chi connectivity index (χ3n) is 3.81. The Morgan fingerprint density at radius 3 is 2.00 bits per heavy atom. The summed E-state index contributed by atoms with van der Waals surface area (Å²) in [6.07, 6.45) is 1.57. The van der Waals surface area contributed by atoms with Gasteiger partial charge in [0.25, 0.3) is 5.91 Å². The summed E-state index contributed by atoms with van der Waals surface area (Å²) in [5.41, 5.74) is 10.5. The minimum atomic E-state index is -3.91. The first-order valence-electron chi connectivity index (χ1n) is 7.58. The predicted octanol–water partition coefficient (Wildman–Crippen LogP) is 0.774. The van der Waals surface area contributed by atoms with E-state index in [4.69, 9.17) is 11.5 Å². The zero-order chi connectivity index (χ0) is 19.6. The molecule has 0 spiro atoms. The number of rotatable bonds is 6. The van der Waals surface area contributed by atoms with Gasteiger partial charge >= 0.3 is 0 Å². The molecule has 1 rings (SSSR count). The molecule has 0 saturated heterocycles. The molecule has 0 aliphatic rings. The normalized spacial score (nSPS) is 12.2. The van der Waals surface area contributed by atoms with Gasteiger partial charge in [0.15, 0.2) is 25.6 Å². The molecule has 8 nitrogen and oxygen atoms in total. The Morgan fingerprint density at radius 1 is 1.08 bits per heavy atom. The maximum absolute atomic E-state index is 12.9. The van der Waals surface area contributed by atoms with Crippen LogP contribution in [0.1, 0.15) is 42.6 Å². The molecule has 0 radical (unpaired) electrons. The minimum Gasteiger partial charge on any atom is -0.370 e. The number of benzene rings is 1. The number of hydrogen-bond donors (Lipinski definition) is 2. The van der Waals surface area contributed by atoms with E-state index in [0.717, 1.165) is 12.3 Å². The van der Waals surface area contributed by atoms with Gasteiger partial charge in [-0.15, -0.1) is 0 Å². The largest absolute Gasteiger partial charge is 0.370 e. The zero-order valence-electron chi connectivity index (χ0n) is 14.6. The molecule has 0 bridgehead atoms. The van der Waals surface area contributed by atoms with Gasteiger partial charge in [-0.05, 0) is 37.5 Å². The summed E-state index contributed by atoms with van der Waals surface area (Å²) in [7, 11) is -7.79. The Kier molecular flexibility index (Phi) is 6.35. The predicted molar refractivity (Wildman–Crippen MR) is 96.0 cm³/mol. The average molecular weight is 389 g/mol. The Balaban J connectivity index is 3.82. The van der Waals surface area contributed by atoms with Gasteiger partial charge in [-0.25, -0.2) is 16.8 Å². The van der Waals surface area contributed by atoms with Crippen molar-refractivity contribution in [3.05, 3.63) is 23.3 Å². The molecule has 0 aliphatic carbocycles. The number of aryl methyl sites for hydroxylation is 1. The second kappa shape index (κ2) is 7.52. The van der Waals surface area contributed by atoms with Gasteiger partial charge in [-0.2, -0.15) is 4.99 Å². The highest BCUT2D eigenvalue weighted by atomic mass is 32.2. The average Bonchev–Trinajstić information content (AvgIpc) is 2.45. The van der Waals surface area contributed by atoms with Crippen LogP contribution >= 0.6 is 0 Å². The lowest BCUT2D eigenvalue weighted by molar-refractivity contribution is 0.100. The highest BCUT2D eigenvalue weighted by molar-refractivity contribution is 7.94. The molecule has 25 heavy (non-hydrogen) atoms. The molecule has 0 aromatic heterocycles. The van der Waals surface area contributed by atoms with Crippen LogP contribution in [0.25, 0.3) is 0 Å². The molecule has 4 N–H and O–H groups in total. The van der Waals surface area contributed by atoms with E-state index in [0.29, 0.717) is 12.8 Å². The van der Waals surface area contributed by atoms with Crippen molar-refractivity contribution < 1.29 is 21.6 Å². The first kappa shape index (κ1) is 21.1. The number of nitrogens with zero attached hydrogens (tertiary/aromatic N) is 1. The summed E-state index contributed by atoms with van der Waals surface area (Å²) in [6.45, 7) is 4.93. The molecule has 1 aromatic rings. The molecule has 0 heterocycles. The van der Waals surface area contributed by atoms with Crippen molar-refractivity contribution in [1.29, 1.82) is 0 Å². The highest BCUT2D eigenvalue weighted by Gasteiger charge is 2.31. The van der Waals surface area contributed by atoms with E-state index in [1.807, 2.05) is 0 Å². The molecule has 0 aliphatic heterocycles. The van der Waals surface area contributed by atoms with Gasteiger partial charge in [-0.1, -0.05) is 13.8 Å². The van der Waals surface area contributed by atoms with Crippen molar-refractivity contribution in [1.82, 2.24) is 0 Å². The van der Waals surface area contributed by atoms with Gasteiger partial charge in [0, 0.05) is 11.8 Å². The molecule has 0 fully saturated rings. The van der Waals surface area contributed by atoms with Crippen LogP contribution in [-0.4, -0.2) is 40.2 Å². The van der Waals surface area contributed by atoms with Crippen molar-refractivity contribution in [2.75, 3.05) is 6.26 Å². The molecule has 140 valence electrons. The first-order chi connectivity index (χ1) is 11.4. The van der Waals surface area contributed by atoms with E-state index in [-0.39, 0.29) is 16.0 Å². The second-order valence-electron chi connectivity index (χ2n) is 5.71. The first-order valence-corrected chi connectivity index (χ1v) is 11.0. The second-order valence-corrected chi connectivity index (χ2v) is 9.89. The van der Waals surface area contributed by atoms with Crippen LogP contribution in [0.2, 0.25) is 0 Å². The van der Waals surface area contributed by atoms with Crippen molar-refractivity contribution >= 4 is 31.5 Å². The fourth-order valence-electron chi connectivity index (χ4n) is 2.49. The maximum atomic E-state index is 12.9. The van der Waals surface area contributed by atoms with Gasteiger partial charge in [0.05, 0.1) is 15.0 Å². The smallest absolute Gasteiger partial charge is 0.280 e. The Bertz CT molecular complexity index is 911. The lowest BCUT2D eigenvalue weighted by Crippen LogP contribution is -2.25. The van der Waals surface area contributed by atoms with Gasteiger partial charge in [-0.3, -0.25) is 4.79 Å². The number of sulfone groups is 2. The Hall–Kier alpha value is -1.94. The molecular formula is C15H23N3O5S2. The number of aliphatic imine (C=N–C) groups is 1. The molecule has 10 heteroatoms. The third kappa shape index (κ3) is 4.57. The number of amides is 1. The lowest BCUT2D eigenvalue weighted by Gasteiger charge is -2.18. The molecule has 0 unspecified atom stereocenters. The van der Waals surface area contributed by atoms with Gasteiger partial charge in [0.1, 0.15) is 0 Å². The maximum Gasteiger partial charge on any atom is 0.280 e. The van der Waals surface area contributed by atoms with Crippen molar-refractivity contribution in [3.63, 3.8) is 0 Å². The third-order valence-corrected chi connectivity index (χ3v) is 7.57. The molecular weight excluding hydrogens is 366 g/mol. The number of carbonyl (C=O) groups is 1. The van der Waals surface area contributed by atoms with Gasteiger partial charge in [0.2, 0.25) is 0 Å². The van der Waals surface area contributed by atoms with E-state index in [1.165, 1.54) is 13.0 Å². The van der Waals surface area contributed by atoms with Crippen LogP contribution < -0.4 is 11.5 Å². The highest BCUT2D eigenvalue weighted by Crippen LogP contribution is 2.30. The summed E-state index contributed by atoms with van der Waals surface area (Å²) in [6, 6.07) is 2.22. The van der Waals surface area contributed by atoms with Crippen molar-refractivity contribution in [3.8, 4) is 0 Å². The standard InChI is InChI=1S/C15H23N3O5S2/c1-5-10(6-2)25(22,23)13-7-9(3)11(14(19)18-15(16)17)8-12(13)24(4,20)21/h7-8,10H,5-6H2,1-4H3,(H4,16,17,18,19). The van der Waals surface area contributed by atoms with E-state index in [1.54, 1.807) is 13.8 Å². The van der Waals surface area contributed by atoms with Gasteiger partial charge < -0.3 is 11.5 Å². The number of guanidine groups is 1. The SMILES string of the molecule is CCC(CC)S(=O)(=O)c1cc(C)c(C(=O)N=C(N)N)cc1S(C)(=O)=O. The Morgan fingerprint density at radius 2 is 1.60 bits per heavy atom. The van der Waals surface area contributed by atoms with Crippen LogP contribution in [0, 0.1) is 6.92 Å². The summed E-state index contributed by atoms with van der Waals surface area (Å²) in [5.74, 6) is -1.31. The summed E-state index contributed by atoms with van der Waals surface area (Å²) >= 11 is 0. The molecule has 1 amide bonds. The monoisotopic (exact) mass is 389 g/mol. The van der Waals surface area contributed by atoms with Crippen LogP contribution in [-0.2, 0) is 19.7 Å². The summed E-state index contributed by atoms with van der Waals surface area (Å²) in [4.78, 5) is 14.7. The lowest BCUT2D eigenvalue weighted by atomic mass is 10.1.